The van der Waals surface area contributed by atoms with E-state index in [0.717, 1.165) is 57.3 Å². The Morgan fingerprint density at radius 1 is 0.627 bits per heavy atom. The summed E-state index contributed by atoms with van der Waals surface area (Å²) in [6, 6.07) is 28.3. The minimum atomic E-state index is -0.902. The Bertz CT molecular complexity index is 2380. The fourth-order valence-corrected chi connectivity index (χ4v) is 6.91. The zero-order chi connectivity index (χ0) is 41.9. The number of rotatable bonds is 16. The fraction of sp³-hybridized carbons (Fsp3) is 0.289. The Kier molecular flexibility index (Phi) is 13.7. The van der Waals surface area contributed by atoms with Gasteiger partial charge in [-0.1, -0.05) is 92.7 Å². The molecule has 0 radical (unpaired) electrons. The highest BCUT2D eigenvalue weighted by Crippen LogP contribution is 2.30. The van der Waals surface area contributed by atoms with Crippen molar-refractivity contribution in [1.82, 2.24) is 40.4 Å². The van der Waals surface area contributed by atoms with Gasteiger partial charge in [-0.25, -0.2) is 19.6 Å². The SMILES string of the molecule is CCCN(Cc1ncc(-c2ccc3cc(-c4ccc(-c5cnc(CN(CCC)C(=O)[C@H](NC(=O)OC)c6ccccc6)[nH]5)cc4)ccc3c2)[nH]1)C(=O)[C@H](C)NC(=O)OC. The Morgan fingerprint density at radius 3 is 1.69 bits per heavy atom. The van der Waals surface area contributed by atoms with Crippen LogP contribution in [0, 0.1) is 0 Å². The van der Waals surface area contributed by atoms with E-state index in [4.69, 9.17) is 4.74 Å². The molecule has 59 heavy (non-hydrogen) atoms. The molecular formula is C45H50N8O6. The Balaban J connectivity index is 1.12. The number of H-pyrrole nitrogens is 2. The molecule has 14 nitrogen and oxygen atoms in total. The first-order valence-electron chi connectivity index (χ1n) is 19.6. The molecule has 4 N–H and O–H groups in total. The summed E-state index contributed by atoms with van der Waals surface area (Å²) in [7, 11) is 2.53. The summed E-state index contributed by atoms with van der Waals surface area (Å²) in [6.45, 7) is 7.15. The highest BCUT2D eigenvalue weighted by Gasteiger charge is 2.28. The molecule has 6 rings (SSSR count). The van der Waals surface area contributed by atoms with Crippen molar-refractivity contribution in [2.45, 2.75) is 58.8 Å². The number of alkyl carbamates (subject to hydrolysis) is 2. The smallest absolute Gasteiger partial charge is 0.407 e. The van der Waals surface area contributed by atoms with Crippen molar-refractivity contribution in [2.75, 3.05) is 27.3 Å². The van der Waals surface area contributed by atoms with E-state index in [1.807, 2.05) is 50.2 Å². The lowest BCUT2D eigenvalue weighted by molar-refractivity contribution is -0.134. The van der Waals surface area contributed by atoms with Gasteiger partial charge in [-0.2, -0.15) is 0 Å². The molecule has 4 aromatic carbocycles. The largest absolute Gasteiger partial charge is 0.453 e. The minimum absolute atomic E-state index is 0.216. The number of fused-ring (bicyclic) bond motifs is 1. The van der Waals surface area contributed by atoms with Gasteiger partial charge in [0.05, 0.1) is 51.1 Å². The van der Waals surface area contributed by atoms with Gasteiger partial charge in [-0.05, 0) is 64.9 Å². The zero-order valence-electron chi connectivity index (χ0n) is 34.0. The van der Waals surface area contributed by atoms with E-state index >= 15 is 0 Å². The first kappa shape index (κ1) is 41.7. The van der Waals surface area contributed by atoms with Gasteiger partial charge in [0.1, 0.15) is 23.7 Å². The van der Waals surface area contributed by atoms with Gasteiger partial charge >= 0.3 is 12.2 Å². The molecule has 0 aliphatic heterocycles. The van der Waals surface area contributed by atoms with E-state index in [9.17, 15) is 19.2 Å². The predicted molar refractivity (Wildman–Crippen MR) is 226 cm³/mol. The molecule has 0 saturated heterocycles. The van der Waals surface area contributed by atoms with Gasteiger partial charge in [0.2, 0.25) is 11.8 Å². The zero-order valence-corrected chi connectivity index (χ0v) is 34.0. The van der Waals surface area contributed by atoms with Crippen molar-refractivity contribution in [3.63, 3.8) is 0 Å². The Hall–Kier alpha value is -6.96. The van der Waals surface area contributed by atoms with Crippen molar-refractivity contribution < 1.29 is 28.7 Å². The standard InChI is InChI=1S/C45H50N8O6/c1-6-21-52(42(54)29(3)48-44(56)58-4)27-39-47-26-38(50-39)36-20-19-34-23-33(17-18-35(34)24-36)30-13-15-31(16-14-30)37-25-46-40(49-37)28-53(22-7-2)43(55)41(51-45(57)59-5)32-11-9-8-10-12-32/h8-20,23-26,29,41H,6-7,21-22,27-28H2,1-5H3,(H,46,49)(H,47,50)(H,48,56)(H,51,57)/t29-,41+/m0/s1. The maximum absolute atomic E-state index is 13.8. The molecule has 0 aliphatic rings. The van der Waals surface area contributed by atoms with E-state index in [1.165, 1.54) is 14.2 Å². The summed E-state index contributed by atoms with van der Waals surface area (Å²) in [6.07, 6.45) is 3.68. The molecule has 306 valence electrons. The van der Waals surface area contributed by atoms with E-state index in [2.05, 4.69) is 77.8 Å². The molecule has 0 saturated carbocycles. The fourth-order valence-electron chi connectivity index (χ4n) is 6.91. The first-order chi connectivity index (χ1) is 28.6. The number of amides is 4. The molecule has 14 heteroatoms. The first-order valence-corrected chi connectivity index (χ1v) is 19.6. The number of ether oxygens (including phenoxy) is 2. The lowest BCUT2D eigenvalue weighted by Crippen LogP contribution is -2.47. The quantitative estimate of drug-likeness (QED) is 0.0774. The summed E-state index contributed by atoms with van der Waals surface area (Å²) in [5, 5.41) is 7.39. The monoisotopic (exact) mass is 798 g/mol. The predicted octanol–water partition coefficient (Wildman–Crippen LogP) is 7.61. The number of nitrogens with one attached hydrogen (secondary N) is 4. The van der Waals surface area contributed by atoms with Gasteiger partial charge in [0.15, 0.2) is 0 Å². The lowest BCUT2D eigenvalue weighted by atomic mass is 9.98. The van der Waals surface area contributed by atoms with Crippen LogP contribution in [0.25, 0.3) is 44.4 Å². The van der Waals surface area contributed by atoms with Crippen LogP contribution in [0.15, 0.2) is 103 Å². The van der Waals surface area contributed by atoms with Crippen LogP contribution in [-0.4, -0.2) is 87.1 Å². The third-order valence-electron chi connectivity index (χ3n) is 9.95. The molecule has 2 atom stereocenters. The van der Waals surface area contributed by atoms with Crippen LogP contribution in [0.5, 0.6) is 0 Å². The molecule has 2 heterocycles. The van der Waals surface area contributed by atoms with Gasteiger partial charge in [0, 0.05) is 18.7 Å². The second-order valence-electron chi connectivity index (χ2n) is 14.2. The molecular weight excluding hydrogens is 749 g/mol. The summed E-state index contributed by atoms with van der Waals surface area (Å²) >= 11 is 0. The van der Waals surface area contributed by atoms with Crippen LogP contribution in [0.2, 0.25) is 0 Å². The highest BCUT2D eigenvalue weighted by atomic mass is 16.5. The number of aromatic amines is 2. The molecule has 0 aliphatic carbocycles. The summed E-state index contributed by atoms with van der Waals surface area (Å²) < 4.78 is 9.45. The van der Waals surface area contributed by atoms with Crippen molar-refractivity contribution in [3.05, 3.63) is 121 Å². The van der Waals surface area contributed by atoms with Crippen molar-refractivity contribution in [3.8, 4) is 33.6 Å². The molecule has 0 unspecified atom stereocenters. The molecule has 4 amide bonds. The summed E-state index contributed by atoms with van der Waals surface area (Å²) in [4.78, 5) is 70.0. The third-order valence-corrected chi connectivity index (χ3v) is 9.95. The Labute approximate surface area is 343 Å². The van der Waals surface area contributed by atoms with E-state index in [-0.39, 0.29) is 24.9 Å². The average molecular weight is 799 g/mol. The average Bonchev–Trinajstić information content (AvgIpc) is 3.94. The molecule has 0 fully saturated rings. The van der Waals surface area contributed by atoms with Crippen LogP contribution in [0.3, 0.4) is 0 Å². The number of benzene rings is 4. The summed E-state index contributed by atoms with van der Waals surface area (Å²) in [5.74, 6) is 0.805. The van der Waals surface area contributed by atoms with E-state index < -0.39 is 24.3 Å². The molecule has 2 aromatic heterocycles. The van der Waals surface area contributed by atoms with Crippen molar-refractivity contribution in [1.29, 1.82) is 0 Å². The topological polar surface area (TPSA) is 175 Å². The second-order valence-corrected chi connectivity index (χ2v) is 14.2. The van der Waals surface area contributed by atoms with Crippen LogP contribution in [0.1, 0.15) is 56.9 Å². The maximum atomic E-state index is 13.8. The van der Waals surface area contributed by atoms with E-state index in [0.29, 0.717) is 30.3 Å². The van der Waals surface area contributed by atoms with E-state index in [1.54, 1.807) is 41.2 Å². The number of nitrogens with zero attached hydrogens (tertiary/aromatic N) is 4. The van der Waals surface area contributed by atoms with Gasteiger partial charge < -0.3 is 39.9 Å². The van der Waals surface area contributed by atoms with Gasteiger partial charge in [0.25, 0.3) is 0 Å². The molecule has 0 spiro atoms. The number of imidazole rings is 2. The highest BCUT2D eigenvalue weighted by molar-refractivity contribution is 5.91. The molecule has 6 aromatic rings. The van der Waals surface area contributed by atoms with Crippen molar-refractivity contribution >= 4 is 34.8 Å². The number of carbonyl (C=O) groups is 4. The summed E-state index contributed by atoms with van der Waals surface area (Å²) in [5.41, 5.74) is 6.38. The number of aromatic nitrogens is 4. The number of carbonyl (C=O) groups excluding carboxylic acids is 4. The number of methoxy groups -OCH3 is 2. The number of hydrogen-bond acceptors (Lipinski definition) is 8. The minimum Gasteiger partial charge on any atom is -0.453 e. The van der Waals surface area contributed by atoms with Gasteiger partial charge in [-0.15, -0.1) is 0 Å². The van der Waals surface area contributed by atoms with Gasteiger partial charge in [-0.3, -0.25) is 9.59 Å². The normalized spacial score (nSPS) is 12.0. The number of hydrogen-bond donors (Lipinski definition) is 4. The third kappa shape index (κ3) is 10.3. The van der Waals surface area contributed by atoms with Crippen molar-refractivity contribution in [2.24, 2.45) is 0 Å². The molecule has 0 bridgehead atoms. The second kappa shape index (κ2) is 19.5. The lowest BCUT2D eigenvalue weighted by Gasteiger charge is -2.27. The van der Waals surface area contributed by atoms with Crippen LogP contribution in [-0.2, 0) is 32.2 Å². The maximum Gasteiger partial charge on any atom is 0.407 e. The Morgan fingerprint density at radius 2 is 1.12 bits per heavy atom. The van der Waals surface area contributed by atoms with Crippen LogP contribution < -0.4 is 10.6 Å². The van der Waals surface area contributed by atoms with Crippen LogP contribution in [0.4, 0.5) is 9.59 Å². The van der Waals surface area contributed by atoms with Crippen LogP contribution >= 0.6 is 0 Å².